The summed E-state index contributed by atoms with van der Waals surface area (Å²) in [6, 6.07) is 10.8. The van der Waals surface area contributed by atoms with Gasteiger partial charge in [-0.2, -0.15) is 0 Å². The van der Waals surface area contributed by atoms with Gasteiger partial charge >= 0.3 is 0 Å². The summed E-state index contributed by atoms with van der Waals surface area (Å²) < 4.78 is 0. The van der Waals surface area contributed by atoms with Crippen molar-refractivity contribution < 1.29 is 9.78 Å². The molecule has 2 aliphatic rings. The topological polar surface area (TPSA) is 37.7 Å². The number of piperazine rings is 1. The molecule has 1 N–H and O–H groups in total. The number of nitrogens with one attached hydrogen (secondary N) is 1. The number of rotatable bonds is 3. The number of amides is 1. The van der Waals surface area contributed by atoms with Crippen LogP contribution in [0, 0.1) is 0 Å². The summed E-state index contributed by atoms with van der Waals surface area (Å²) in [7, 11) is 0. The van der Waals surface area contributed by atoms with E-state index in [0.717, 1.165) is 26.2 Å². The third kappa shape index (κ3) is 3.14. The first-order chi connectivity index (χ1) is 11.8. The lowest BCUT2D eigenvalue weighted by molar-refractivity contribution is -0.377. The van der Waals surface area contributed by atoms with E-state index in [9.17, 15) is 4.79 Å². The van der Waals surface area contributed by atoms with Crippen molar-refractivity contribution in [1.82, 2.24) is 4.90 Å². The second kappa shape index (κ2) is 6.63. The number of aryl methyl sites for hydroxylation is 2. The molecular weight excluding hydrogens is 298 g/mol. The van der Waals surface area contributed by atoms with Crippen LogP contribution >= 0.6 is 0 Å². The van der Waals surface area contributed by atoms with Gasteiger partial charge in [-0.15, -0.1) is 0 Å². The van der Waals surface area contributed by atoms with Crippen molar-refractivity contribution >= 4 is 11.6 Å². The van der Waals surface area contributed by atoms with Gasteiger partial charge < -0.3 is 9.80 Å². The van der Waals surface area contributed by atoms with Gasteiger partial charge in [-0.1, -0.05) is 18.2 Å². The molecule has 0 unspecified atom stereocenters. The largest absolute Gasteiger partial charge is 0.368 e. The minimum absolute atomic E-state index is 0.258. The van der Waals surface area contributed by atoms with Crippen LogP contribution in [0.3, 0.4) is 0 Å². The third-order valence-electron chi connectivity index (χ3n) is 5.22. The quantitative estimate of drug-likeness (QED) is 0.865. The second-order valence-electron chi connectivity index (χ2n) is 6.76. The summed E-state index contributed by atoms with van der Waals surface area (Å²) in [4.78, 5) is 20.0. The number of anilines is 1. The molecular formula is C20H24N3O+. The number of aromatic amines is 1. The zero-order chi connectivity index (χ0) is 16.4. The lowest BCUT2D eigenvalue weighted by Crippen LogP contribution is -2.49. The van der Waals surface area contributed by atoms with Crippen molar-refractivity contribution in [2.75, 3.05) is 31.1 Å². The fourth-order valence-electron chi connectivity index (χ4n) is 3.82. The normalized spacial score (nSPS) is 17.0. The number of aromatic nitrogens is 1. The highest BCUT2D eigenvalue weighted by Gasteiger charge is 2.22. The van der Waals surface area contributed by atoms with Crippen LogP contribution in [0.4, 0.5) is 5.69 Å². The maximum atomic E-state index is 12.6. The monoisotopic (exact) mass is 322 g/mol. The van der Waals surface area contributed by atoms with E-state index in [1.165, 1.54) is 41.6 Å². The van der Waals surface area contributed by atoms with Crippen molar-refractivity contribution in [3.05, 3.63) is 59.4 Å². The molecule has 124 valence electrons. The summed E-state index contributed by atoms with van der Waals surface area (Å²) in [6.45, 7) is 3.42. The maximum absolute atomic E-state index is 12.6. The minimum Gasteiger partial charge on any atom is -0.368 e. The van der Waals surface area contributed by atoms with Crippen LogP contribution in [0.1, 0.15) is 23.1 Å². The van der Waals surface area contributed by atoms with E-state index in [4.69, 9.17) is 0 Å². The predicted octanol–water partition coefficient (Wildman–Crippen LogP) is 1.88. The Kier molecular flexibility index (Phi) is 4.20. The van der Waals surface area contributed by atoms with Crippen LogP contribution in [0.25, 0.3) is 0 Å². The molecule has 1 aliphatic carbocycles. The van der Waals surface area contributed by atoms with Crippen molar-refractivity contribution in [1.29, 1.82) is 0 Å². The van der Waals surface area contributed by atoms with Gasteiger partial charge in [0.2, 0.25) is 5.91 Å². The van der Waals surface area contributed by atoms with Crippen LogP contribution in [0.2, 0.25) is 0 Å². The van der Waals surface area contributed by atoms with Gasteiger partial charge in [-0.3, -0.25) is 4.79 Å². The molecule has 0 radical (unpaired) electrons. The van der Waals surface area contributed by atoms with E-state index >= 15 is 0 Å². The van der Waals surface area contributed by atoms with Crippen LogP contribution < -0.4 is 9.88 Å². The zero-order valence-corrected chi connectivity index (χ0v) is 14.0. The van der Waals surface area contributed by atoms with Gasteiger partial charge in [0.1, 0.15) is 0 Å². The summed E-state index contributed by atoms with van der Waals surface area (Å²) in [6.07, 6.45) is 8.05. The zero-order valence-electron chi connectivity index (χ0n) is 14.0. The molecule has 1 fully saturated rings. The lowest BCUT2D eigenvalue weighted by Gasteiger charge is -2.35. The Morgan fingerprint density at radius 3 is 2.50 bits per heavy atom. The van der Waals surface area contributed by atoms with E-state index in [1.54, 1.807) is 0 Å². The number of hydrogen-bond acceptors (Lipinski definition) is 2. The fourth-order valence-corrected chi connectivity index (χ4v) is 3.82. The van der Waals surface area contributed by atoms with E-state index in [-0.39, 0.29) is 5.91 Å². The molecule has 4 nitrogen and oxygen atoms in total. The molecule has 2 heterocycles. The summed E-state index contributed by atoms with van der Waals surface area (Å²) >= 11 is 0. The second-order valence-corrected chi connectivity index (χ2v) is 6.76. The summed E-state index contributed by atoms with van der Waals surface area (Å²) in [5, 5.41) is 0. The average molecular weight is 322 g/mol. The van der Waals surface area contributed by atoms with Gasteiger partial charge in [0.05, 0.1) is 6.42 Å². The van der Waals surface area contributed by atoms with Crippen LogP contribution in [0.5, 0.6) is 0 Å². The SMILES string of the molecule is O=C(Cc1ccc2c(c1)CCC2)N1CCN(c2cc[nH+]cc2)CC1. The smallest absolute Gasteiger partial charge is 0.227 e. The number of fused-ring (bicyclic) bond motifs is 1. The highest BCUT2D eigenvalue weighted by atomic mass is 16.2. The van der Waals surface area contributed by atoms with E-state index in [1.807, 2.05) is 17.3 Å². The Bertz CT molecular complexity index is 721. The number of H-pyrrole nitrogens is 1. The molecule has 0 atom stereocenters. The Labute approximate surface area is 143 Å². The fraction of sp³-hybridized carbons (Fsp3) is 0.400. The Hall–Kier alpha value is -2.36. The van der Waals surface area contributed by atoms with Crippen LogP contribution in [-0.4, -0.2) is 37.0 Å². The standard InChI is InChI=1S/C20H23N3O/c24-20(15-16-4-5-17-2-1-3-18(17)14-16)23-12-10-22(11-13-23)19-6-8-21-9-7-19/h4-9,14H,1-3,10-13,15H2/p+1. The first-order valence-corrected chi connectivity index (χ1v) is 8.89. The number of carbonyl (C=O) groups is 1. The highest BCUT2D eigenvalue weighted by Crippen LogP contribution is 2.23. The molecule has 1 aromatic heterocycles. The van der Waals surface area contributed by atoms with Gasteiger partial charge in [0.15, 0.2) is 12.4 Å². The molecule has 24 heavy (non-hydrogen) atoms. The number of nitrogens with zero attached hydrogens (tertiary/aromatic N) is 2. The van der Waals surface area contributed by atoms with E-state index in [0.29, 0.717) is 6.42 Å². The first kappa shape index (κ1) is 15.2. The Balaban J connectivity index is 1.35. The molecule has 1 saturated heterocycles. The van der Waals surface area contributed by atoms with E-state index < -0.39 is 0 Å². The highest BCUT2D eigenvalue weighted by molar-refractivity contribution is 5.79. The molecule has 0 spiro atoms. The lowest BCUT2D eigenvalue weighted by atomic mass is 10.0. The van der Waals surface area contributed by atoms with Gasteiger partial charge in [-0.25, -0.2) is 4.98 Å². The van der Waals surface area contributed by atoms with Gasteiger partial charge in [0.25, 0.3) is 0 Å². The molecule has 4 rings (SSSR count). The average Bonchev–Trinajstić information content (AvgIpc) is 3.10. The van der Waals surface area contributed by atoms with Crippen LogP contribution in [0.15, 0.2) is 42.7 Å². The number of hydrogen-bond donors (Lipinski definition) is 0. The third-order valence-corrected chi connectivity index (χ3v) is 5.22. The number of benzene rings is 1. The number of carbonyl (C=O) groups excluding carboxylic acids is 1. The Morgan fingerprint density at radius 2 is 1.71 bits per heavy atom. The van der Waals surface area contributed by atoms with Crippen molar-refractivity contribution in [2.45, 2.75) is 25.7 Å². The molecule has 2 aromatic rings. The molecule has 1 aromatic carbocycles. The Morgan fingerprint density at radius 1 is 0.958 bits per heavy atom. The molecule has 0 bridgehead atoms. The maximum Gasteiger partial charge on any atom is 0.227 e. The van der Waals surface area contributed by atoms with Crippen molar-refractivity contribution in [3.8, 4) is 0 Å². The van der Waals surface area contributed by atoms with Gasteiger partial charge in [0, 0.05) is 44.0 Å². The molecule has 1 amide bonds. The van der Waals surface area contributed by atoms with Crippen molar-refractivity contribution in [3.63, 3.8) is 0 Å². The molecule has 4 heteroatoms. The summed E-state index contributed by atoms with van der Waals surface area (Å²) in [5.41, 5.74) is 5.31. The predicted molar refractivity (Wildman–Crippen MR) is 94.0 cm³/mol. The first-order valence-electron chi connectivity index (χ1n) is 8.89. The minimum atomic E-state index is 0.258. The van der Waals surface area contributed by atoms with Crippen molar-refractivity contribution in [2.24, 2.45) is 0 Å². The van der Waals surface area contributed by atoms with E-state index in [2.05, 4.69) is 40.2 Å². The van der Waals surface area contributed by atoms with Gasteiger partial charge in [-0.05, 0) is 36.0 Å². The van der Waals surface area contributed by atoms with Crippen LogP contribution in [-0.2, 0) is 24.1 Å². The number of pyridine rings is 1. The molecule has 1 aliphatic heterocycles. The summed E-state index contributed by atoms with van der Waals surface area (Å²) in [5.74, 6) is 0.258. The molecule has 0 saturated carbocycles.